The van der Waals surface area contributed by atoms with Gasteiger partial charge in [0, 0.05) is 57.4 Å². The van der Waals surface area contributed by atoms with E-state index >= 15 is 8.78 Å². The van der Waals surface area contributed by atoms with Crippen LogP contribution in [0.1, 0.15) is 31.7 Å². The Kier molecular flexibility index (Phi) is 9.29. The van der Waals surface area contributed by atoms with Gasteiger partial charge in [0.1, 0.15) is 41.4 Å². The molecular weight excluding hydrogens is 627 g/mol. The molecule has 1 N–H and O–H groups in total. The summed E-state index contributed by atoms with van der Waals surface area (Å²) in [5.74, 6) is -0.511. The van der Waals surface area contributed by atoms with Crippen molar-refractivity contribution in [1.29, 1.82) is 0 Å². The molecule has 2 aromatic heterocycles. The molecule has 0 saturated carbocycles. The molecule has 10 nitrogen and oxygen atoms in total. The lowest BCUT2D eigenvalue weighted by molar-refractivity contribution is 0.0512. The number of halogens is 3. The van der Waals surface area contributed by atoms with E-state index in [0.717, 1.165) is 19.4 Å². The Morgan fingerprint density at radius 3 is 2.81 bits per heavy atom. The maximum atomic E-state index is 17.1. The highest BCUT2D eigenvalue weighted by Gasteiger charge is 2.49. The van der Waals surface area contributed by atoms with Crippen LogP contribution in [-0.4, -0.2) is 103 Å². The second-order valence-corrected chi connectivity index (χ2v) is 12.9. The number of rotatable bonds is 10. The zero-order valence-electron chi connectivity index (χ0n) is 27.2. The molecule has 4 aromatic rings. The zero-order chi connectivity index (χ0) is 33.4. The van der Waals surface area contributed by atoms with Crippen molar-refractivity contribution in [2.75, 3.05) is 71.4 Å². The number of anilines is 1. The van der Waals surface area contributed by atoms with E-state index < -0.39 is 23.3 Å². The number of fused-ring (bicyclic) bond motifs is 3. The number of hydrogen-bond donors (Lipinski definition) is 1. The van der Waals surface area contributed by atoms with Gasteiger partial charge in [-0.2, -0.15) is 9.97 Å². The van der Waals surface area contributed by atoms with Crippen molar-refractivity contribution < 1.29 is 37.2 Å². The number of methoxy groups -OCH3 is 1. The van der Waals surface area contributed by atoms with E-state index in [1.54, 1.807) is 18.2 Å². The summed E-state index contributed by atoms with van der Waals surface area (Å²) in [7, 11) is 1.50. The molecule has 0 aliphatic carbocycles. The molecule has 0 bridgehead atoms. The van der Waals surface area contributed by atoms with Crippen LogP contribution in [0.4, 0.5) is 19.0 Å². The van der Waals surface area contributed by atoms with Crippen LogP contribution in [0.3, 0.4) is 0 Å². The van der Waals surface area contributed by atoms with Crippen molar-refractivity contribution in [3.8, 4) is 23.0 Å². The number of pyridine rings is 1. The molecule has 3 fully saturated rings. The van der Waals surface area contributed by atoms with Crippen molar-refractivity contribution in [2.45, 2.75) is 44.3 Å². The van der Waals surface area contributed by atoms with E-state index in [2.05, 4.69) is 14.9 Å². The summed E-state index contributed by atoms with van der Waals surface area (Å²) in [6.45, 7) is 4.67. The van der Waals surface area contributed by atoms with Gasteiger partial charge >= 0.3 is 6.01 Å². The largest absolute Gasteiger partial charge is 0.468 e. The minimum Gasteiger partial charge on any atom is -0.468 e. The molecule has 3 atom stereocenters. The Labute approximate surface area is 276 Å². The van der Waals surface area contributed by atoms with Crippen LogP contribution < -0.4 is 14.4 Å². The Balaban J connectivity index is 1.38. The predicted octanol–water partition coefficient (Wildman–Crippen LogP) is 5.07. The van der Waals surface area contributed by atoms with Gasteiger partial charge in [-0.25, -0.2) is 13.2 Å². The molecule has 256 valence electrons. The SMILES string of the molecule is CCc1c(F)ccc2cc(OCOC)cc(-c3ncc4c(N5CCOCC(CO)C5)nc(OC[C@@]56CCCN5C[C@H](F)C6)nc4c3F)c12. The minimum absolute atomic E-state index is 0.0212. The molecule has 2 aromatic carbocycles. The fourth-order valence-electron chi connectivity index (χ4n) is 7.58. The molecule has 13 heteroatoms. The van der Waals surface area contributed by atoms with Crippen LogP contribution in [0.2, 0.25) is 0 Å². The highest BCUT2D eigenvalue weighted by molar-refractivity contribution is 6.01. The second-order valence-electron chi connectivity index (χ2n) is 12.9. The number of aliphatic hydroxyl groups is 1. The van der Waals surface area contributed by atoms with E-state index in [1.807, 2.05) is 11.8 Å². The highest BCUT2D eigenvalue weighted by atomic mass is 19.1. The maximum Gasteiger partial charge on any atom is 0.319 e. The van der Waals surface area contributed by atoms with E-state index in [4.69, 9.17) is 23.9 Å². The van der Waals surface area contributed by atoms with E-state index in [1.165, 1.54) is 19.4 Å². The predicted molar refractivity (Wildman–Crippen MR) is 174 cm³/mol. The fraction of sp³-hybridized carbons (Fsp3) is 0.514. The van der Waals surface area contributed by atoms with Crippen LogP contribution in [0.25, 0.3) is 32.9 Å². The molecular formula is C35H40F3N5O5. The number of alkyl halides is 1. The van der Waals surface area contributed by atoms with Crippen molar-refractivity contribution in [1.82, 2.24) is 19.9 Å². The fourth-order valence-corrected chi connectivity index (χ4v) is 7.58. The summed E-state index contributed by atoms with van der Waals surface area (Å²) in [6, 6.07) is 6.38. The molecule has 3 saturated heterocycles. The summed E-state index contributed by atoms with van der Waals surface area (Å²) in [4.78, 5) is 18.0. The number of benzene rings is 2. The summed E-state index contributed by atoms with van der Waals surface area (Å²) < 4.78 is 69.5. The third-order valence-electron chi connectivity index (χ3n) is 9.86. The lowest BCUT2D eigenvalue weighted by atomic mass is 9.94. The standard InChI is InChI=1S/C35H40F3N5O5/c1-3-25-28(37)6-5-22-11-24(48-20-45-2)12-26(29(22)25)31-30(38)32-27(14-39-31)33(42-9-10-46-18-21(15-42)17-44)41-34(40-32)47-19-35-7-4-8-43(35)16-23(36)13-35/h5-6,11-12,14,21,23,44H,3-4,7-10,13,15-20H2,1-2H3/t21?,23-,35+/m1/s1. The number of hydrogen-bond acceptors (Lipinski definition) is 10. The number of ether oxygens (including phenoxy) is 4. The summed E-state index contributed by atoms with van der Waals surface area (Å²) >= 11 is 0. The first-order valence-electron chi connectivity index (χ1n) is 16.5. The molecule has 5 heterocycles. The van der Waals surface area contributed by atoms with E-state index in [0.29, 0.717) is 84.5 Å². The van der Waals surface area contributed by atoms with Crippen LogP contribution in [0.5, 0.6) is 11.8 Å². The van der Waals surface area contributed by atoms with Gasteiger partial charge in [0.05, 0.1) is 24.1 Å². The third-order valence-corrected chi connectivity index (χ3v) is 9.86. The number of aliphatic hydroxyl groups excluding tert-OH is 1. The van der Waals surface area contributed by atoms with E-state index in [9.17, 15) is 9.50 Å². The van der Waals surface area contributed by atoms with Crippen LogP contribution >= 0.6 is 0 Å². The topological polar surface area (TPSA) is 102 Å². The normalized spacial score (nSPS) is 23.2. The van der Waals surface area contributed by atoms with Crippen molar-refractivity contribution in [3.05, 3.63) is 47.7 Å². The minimum atomic E-state index is -0.933. The first-order valence-corrected chi connectivity index (χ1v) is 16.5. The zero-order valence-corrected chi connectivity index (χ0v) is 27.2. The Morgan fingerprint density at radius 1 is 1.12 bits per heavy atom. The van der Waals surface area contributed by atoms with Crippen LogP contribution in [0.15, 0.2) is 30.5 Å². The van der Waals surface area contributed by atoms with E-state index in [-0.39, 0.29) is 43.1 Å². The summed E-state index contributed by atoms with van der Waals surface area (Å²) in [5.41, 5.74) is 0.265. The monoisotopic (exact) mass is 667 g/mol. The molecule has 0 amide bonds. The Bertz CT molecular complexity index is 1810. The summed E-state index contributed by atoms with van der Waals surface area (Å²) in [6.07, 6.45) is 3.06. The maximum absolute atomic E-state index is 17.1. The first kappa shape index (κ1) is 32.8. The lowest BCUT2D eigenvalue weighted by Gasteiger charge is -2.31. The molecule has 0 spiro atoms. The number of aryl methyl sites for hydroxylation is 1. The van der Waals surface area contributed by atoms with Gasteiger partial charge in [-0.05, 0) is 60.3 Å². The first-order chi connectivity index (χ1) is 23.3. The summed E-state index contributed by atoms with van der Waals surface area (Å²) in [5, 5.41) is 11.5. The third kappa shape index (κ3) is 6.01. The average Bonchev–Trinajstić information content (AvgIpc) is 3.50. The van der Waals surface area contributed by atoms with Gasteiger partial charge in [-0.3, -0.25) is 9.88 Å². The lowest BCUT2D eigenvalue weighted by Crippen LogP contribution is -2.43. The highest BCUT2D eigenvalue weighted by Crippen LogP contribution is 2.42. The van der Waals surface area contributed by atoms with Crippen LogP contribution in [-0.2, 0) is 15.9 Å². The van der Waals surface area contributed by atoms with Gasteiger partial charge in [0.25, 0.3) is 0 Å². The quantitative estimate of drug-likeness (QED) is 0.231. The van der Waals surface area contributed by atoms with Crippen molar-refractivity contribution >= 4 is 27.5 Å². The van der Waals surface area contributed by atoms with Gasteiger partial charge in [-0.15, -0.1) is 0 Å². The number of aromatic nitrogens is 3. The smallest absolute Gasteiger partial charge is 0.319 e. The van der Waals surface area contributed by atoms with Gasteiger partial charge in [0.2, 0.25) is 0 Å². The van der Waals surface area contributed by atoms with Gasteiger partial charge in [-0.1, -0.05) is 13.0 Å². The van der Waals surface area contributed by atoms with Crippen molar-refractivity contribution in [2.24, 2.45) is 5.92 Å². The molecule has 1 unspecified atom stereocenters. The molecule has 7 rings (SSSR count). The van der Waals surface area contributed by atoms with Crippen LogP contribution in [0, 0.1) is 17.6 Å². The Morgan fingerprint density at radius 2 is 2.00 bits per heavy atom. The molecule has 3 aliphatic rings. The Hall–Kier alpha value is -3.78. The second kappa shape index (κ2) is 13.6. The molecule has 3 aliphatic heterocycles. The van der Waals surface area contributed by atoms with Gasteiger partial charge < -0.3 is 29.0 Å². The molecule has 0 radical (unpaired) electrons. The van der Waals surface area contributed by atoms with Crippen molar-refractivity contribution in [3.63, 3.8) is 0 Å². The molecule has 48 heavy (non-hydrogen) atoms. The average molecular weight is 668 g/mol. The number of nitrogens with zero attached hydrogens (tertiary/aromatic N) is 5. The van der Waals surface area contributed by atoms with Gasteiger partial charge in [0.15, 0.2) is 12.6 Å².